The van der Waals surface area contributed by atoms with Crippen molar-refractivity contribution in [2.24, 2.45) is 0 Å². The van der Waals surface area contributed by atoms with Gasteiger partial charge in [0.15, 0.2) is 5.69 Å². The highest BCUT2D eigenvalue weighted by Crippen LogP contribution is 2.25. The Kier molecular flexibility index (Phi) is 3.76. The van der Waals surface area contributed by atoms with Gasteiger partial charge in [0.05, 0.1) is 17.1 Å². The second-order valence-electron chi connectivity index (χ2n) is 6.27. The van der Waals surface area contributed by atoms with Gasteiger partial charge in [-0.3, -0.25) is 14.6 Å². The van der Waals surface area contributed by atoms with Crippen LogP contribution in [0.2, 0.25) is 0 Å². The van der Waals surface area contributed by atoms with Crippen molar-refractivity contribution in [2.45, 2.75) is 59.4 Å². The number of nitrogens with zero attached hydrogens (tertiary/aromatic N) is 3. The Labute approximate surface area is 130 Å². The molecule has 3 rings (SSSR count). The predicted octanol–water partition coefficient (Wildman–Crippen LogP) is 2.94. The van der Waals surface area contributed by atoms with E-state index in [1.165, 1.54) is 0 Å². The molecule has 2 N–H and O–H groups in total. The molecule has 6 nitrogen and oxygen atoms in total. The van der Waals surface area contributed by atoms with Gasteiger partial charge in [-0.1, -0.05) is 0 Å². The highest BCUT2D eigenvalue weighted by Gasteiger charge is 2.23. The lowest BCUT2D eigenvalue weighted by Gasteiger charge is -2.11. The van der Waals surface area contributed by atoms with Crippen LogP contribution in [0.4, 0.5) is 5.69 Å². The molecule has 0 atom stereocenters. The highest BCUT2D eigenvalue weighted by atomic mass is 16.2. The molecule has 0 saturated carbocycles. The number of nitrogens with one attached hydrogen (secondary N) is 2. The number of aromatic nitrogens is 4. The van der Waals surface area contributed by atoms with Crippen LogP contribution in [0, 0.1) is 13.8 Å². The fourth-order valence-corrected chi connectivity index (χ4v) is 3.19. The molecule has 0 radical (unpaired) electrons. The van der Waals surface area contributed by atoms with E-state index in [4.69, 9.17) is 0 Å². The van der Waals surface area contributed by atoms with Gasteiger partial charge in [0.1, 0.15) is 0 Å². The number of fused-ring (bicyclic) bond motifs is 1. The lowest BCUT2D eigenvalue weighted by Crippen LogP contribution is -2.16. The van der Waals surface area contributed by atoms with Crippen molar-refractivity contribution in [3.8, 4) is 0 Å². The Balaban J connectivity index is 1.88. The molecule has 1 amide bonds. The fourth-order valence-electron chi connectivity index (χ4n) is 3.19. The number of carbonyl (C=O) groups excluding carboxylic acids is 1. The van der Waals surface area contributed by atoms with Gasteiger partial charge in [0.2, 0.25) is 0 Å². The summed E-state index contributed by atoms with van der Waals surface area (Å²) in [5, 5.41) is 14.8. The van der Waals surface area contributed by atoms with Crippen LogP contribution in [0.15, 0.2) is 0 Å². The second-order valence-corrected chi connectivity index (χ2v) is 6.27. The molecule has 118 valence electrons. The summed E-state index contributed by atoms with van der Waals surface area (Å²) in [6.45, 7) is 8.06. The minimum atomic E-state index is -0.145. The van der Waals surface area contributed by atoms with Crippen LogP contribution in [0.5, 0.6) is 0 Å². The van der Waals surface area contributed by atoms with Crippen molar-refractivity contribution in [1.82, 2.24) is 20.0 Å². The average molecular weight is 301 g/mol. The molecule has 1 aliphatic rings. The number of aryl methyl sites for hydroxylation is 2. The standard InChI is InChI=1S/C16H23N5O/c1-9(2)21-11(4)14(10(3)20-21)17-16(22)15-12-7-5-6-8-13(12)18-19-15/h9H,5-8H2,1-4H3,(H,17,22)(H,18,19). The Hall–Kier alpha value is -2.11. The van der Waals surface area contributed by atoms with Crippen LogP contribution in [-0.2, 0) is 12.8 Å². The Morgan fingerprint density at radius 2 is 2.00 bits per heavy atom. The number of anilines is 1. The van der Waals surface area contributed by atoms with Gasteiger partial charge < -0.3 is 5.32 Å². The minimum absolute atomic E-state index is 0.145. The maximum Gasteiger partial charge on any atom is 0.276 e. The van der Waals surface area contributed by atoms with Crippen LogP contribution >= 0.6 is 0 Å². The zero-order valence-electron chi connectivity index (χ0n) is 13.7. The molecular formula is C16H23N5O. The smallest absolute Gasteiger partial charge is 0.276 e. The molecule has 0 saturated heterocycles. The summed E-state index contributed by atoms with van der Waals surface area (Å²) < 4.78 is 1.94. The molecule has 22 heavy (non-hydrogen) atoms. The number of rotatable bonds is 3. The molecule has 1 aliphatic carbocycles. The van der Waals surface area contributed by atoms with Crippen LogP contribution in [0.1, 0.15) is 65.9 Å². The molecule has 2 aromatic rings. The summed E-state index contributed by atoms with van der Waals surface area (Å²) >= 11 is 0. The molecule has 0 bridgehead atoms. The molecule has 2 heterocycles. The summed E-state index contributed by atoms with van der Waals surface area (Å²) in [7, 11) is 0. The predicted molar refractivity (Wildman–Crippen MR) is 85.3 cm³/mol. The number of aromatic amines is 1. The van der Waals surface area contributed by atoms with Crippen molar-refractivity contribution < 1.29 is 4.79 Å². The normalized spacial score (nSPS) is 14.2. The van der Waals surface area contributed by atoms with Crippen LogP contribution in [0.3, 0.4) is 0 Å². The van der Waals surface area contributed by atoms with Gasteiger partial charge >= 0.3 is 0 Å². The van der Waals surface area contributed by atoms with Crippen molar-refractivity contribution in [3.05, 3.63) is 28.3 Å². The first-order valence-electron chi connectivity index (χ1n) is 7.92. The number of hydrogen-bond acceptors (Lipinski definition) is 3. The third-order valence-electron chi connectivity index (χ3n) is 4.32. The van der Waals surface area contributed by atoms with Crippen LogP contribution < -0.4 is 5.32 Å². The summed E-state index contributed by atoms with van der Waals surface area (Å²) in [6, 6.07) is 0.266. The molecule has 0 aromatic carbocycles. The first-order chi connectivity index (χ1) is 10.5. The number of H-pyrrole nitrogens is 1. The van der Waals surface area contributed by atoms with E-state index in [1.54, 1.807) is 0 Å². The Morgan fingerprint density at radius 3 is 2.68 bits per heavy atom. The molecule has 2 aromatic heterocycles. The molecule has 0 fully saturated rings. The van der Waals surface area contributed by atoms with Crippen molar-refractivity contribution in [2.75, 3.05) is 5.32 Å². The van der Waals surface area contributed by atoms with E-state index in [0.717, 1.165) is 54.0 Å². The Morgan fingerprint density at radius 1 is 1.27 bits per heavy atom. The fraction of sp³-hybridized carbons (Fsp3) is 0.562. The van der Waals surface area contributed by atoms with Gasteiger partial charge in [0, 0.05) is 17.3 Å². The maximum absolute atomic E-state index is 12.6. The Bertz CT molecular complexity index is 710. The summed E-state index contributed by atoms with van der Waals surface area (Å²) in [6.07, 6.45) is 4.20. The summed E-state index contributed by atoms with van der Waals surface area (Å²) in [5.41, 5.74) is 5.34. The van der Waals surface area contributed by atoms with E-state index >= 15 is 0 Å². The summed E-state index contributed by atoms with van der Waals surface area (Å²) in [4.78, 5) is 12.6. The van der Waals surface area contributed by atoms with E-state index in [0.29, 0.717) is 5.69 Å². The van der Waals surface area contributed by atoms with Gasteiger partial charge in [-0.25, -0.2) is 0 Å². The number of hydrogen-bond donors (Lipinski definition) is 2. The van der Waals surface area contributed by atoms with E-state index in [1.807, 2.05) is 18.5 Å². The SMILES string of the molecule is Cc1nn(C(C)C)c(C)c1NC(=O)c1n[nH]c2c1CCCC2. The first kappa shape index (κ1) is 14.8. The van der Waals surface area contributed by atoms with Gasteiger partial charge in [0.25, 0.3) is 5.91 Å². The first-order valence-corrected chi connectivity index (χ1v) is 7.92. The van der Waals surface area contributed by atoms with Gasteiger partial charge in [-0.15, -0.1) is 0 Å². The third kappa shape index (κ3) is 2.42. The lowest BCUT2D eigenvalue weighted by molar-refractivity contribution is 0.102. The zero-order chi connectivity index (χ0) is 15.9. The molecule has 0 aliphatic heterocycles. The van der Waals surface area contributed by atoms with Gasteiger partial charge in [-0.2, -0.15) is 10.2 Å². The third-order valence-corrected chi connectivity index (χ3v) is 4.32. The quantitative estimate of drug-likeness (QED) is 0.915. The van der Waals surface area contributed by atoms with E-state index in [-0.39, 0.29) is 11.9 Å². The molecule has 0 unspecified atom stereocenters. The number of carbonyl (C=O) groups is 1. The summed E-state index contributed by atoms with van der Waals surface area (Å²) in [5.74, 6) is -0.145. The van der Waals surface area contributed by atoms with Crippen molar-refractivity contribution >= 4 is 11.6 Å². The van der Waals surface area contributed by atoms with Gasteiger partial charge in [-0.05, 0) is 53.4 Å². The lowest BCUT2D eigenvalue weighted by atomic mass is 9.96. The van der Waals surface area contributed by atoms with Crippen molar-refractivity contribution in [3.63, 3.8) is 0 Å². The topological polar surface area (TPSA) is 75.6 Å². The zero-order valence-corrected chi connectivity index (χ0v) is 13.7. The molecular weight excluding hydrogens is 278 g/mol. The van der Waals surface area contributed by atoms with Crippen LogP contribution in [-0.4, -0.2) is 25.9 Å². The monoisotopic (exact) mass is 301 g/mol. The van der Waals surface area contributed by atoms with E-state index in [2.05, 4.69) is 34.5 Å². The average Bonchev–Trinajstić information content (AvgIpc) is 3.03. The largest absolute Gasteiger partial charge is 0.317 e. The van der Waals surface area contributed by atoms with Crippen LogP contribution in [0.25, 0.3) is 0 Å². The second kappa shape index (κ2) is 5.59. The van der Waals surface area contributed by atoms with Crippen molar-refractivity contribution in [1.29, 1.82) is 0 Å². The molecule has 6 heteroatoms. The number of amides is 1. The van der Waals surface area contributed by atoms with E-state index < -0.39 is 0 Å². The minimum Gasteiger partial charge on any atom is -0.317 e. The highest BCUT2D eigenvalue weighted by molar-refractivity contribution is 6.04. The molecule has 0 spiro atoms. The van der Waals surface area contributed by atoms with E-state index in [9.17, 15) is 4.79 Å². The maximum atomic E-state index is 12.6.